The average molecular weight is 334 g/mol. The number of aryl methyl sites for hydroxylation is 1. The molecule has 0 saturated carbocycles. The van der Waals surface area contributed by atoms with E-state index in [4.69, 9.17) is 0 Å². The summed E-state index contributed by atoms with van der Waals surface area (Å²) in [5.41, 5.74) is 2.99. The highest BCUT2D eigenvalue weighted by Gasteiger charge is 2.23. The van der Waals surface area contributed by atoms with Crippen molar-refractivity contribution in [3.8, 4) is 0 Å². The summed E-state index contributed by atoms with van der Waals surface area (Å²) < 4.78 is 41.1. The minimum absolute atomic E-state index is 0.108. The number of hydrogen-bond donors (Lipinski definition) is 2. The second kappa shape index (κ2) is 6.39. The van der Waals surface area contributed by atoms with Crippen LogP contribution in [0.5, 0.6) is 0 Å². The summed E-state index contributed by atoms with van der Waals surface area (Å²) in [7, 11) is -3.87. The summed E-state index contributed by atoms with van der Waals surface area (Å²) in [6.07, 6.45) is 0.923. The zero-order chi connectivity index (χ0) is 16.4. The van der Waals surface area contributed by atoms with Gasteiger partial charge in [0.2, 0.25) is 10.0 Å². The van der Waals surface area contributed by atoms with Crippen molar-refractivity contribution < 1.29 is 12.8 Å². The van der Waals surface area contributed by atoms with Crippen LogP contribution >= 0.6 is 0 Å². The van der Waals surface area contributed by atoms with Gasteiger partial charge in [0.05, 0.1) is 0 Å². The molecule has 0 fully saturated rings. The minimum atomic E-state index is -3.87. The molecule has 1 unspecified atom stereocenters. The molecule has 0 spiro atoms. The van der Waals surface area contributed by atoms with E-state index in [2.05, 4.69) is 16.1 Å². The quantitative estimate of drug-likeness (QED) is 0.902. The molecule has 1 heterocycles. The fourth-order valence-corrected chi connectivity index (χ4v) is 3.97. The lowest BCUT2D eigenvalue weighted by molar-refractivity contribution is 0.489. The van der Waals surface area contributed by atoms with E-state index in [-0.39, 0.29) is 17.5 Å². The van der Waals surface area contributed by atoms with Gasteiger partial charge in [-0.05, 0) is 48.7 Å². The maximum absolute atomic E-state index is 13.9. The normalized spacial score (nSPS) is 17.7. The summed E-state index contributed by atoms with van der Waals surface area (Å²) in [4.78, 5) is -0.313. The van der Waals surface area contributed by atoms with E-state index in [1.165, 1.54) is 17.7 Å². The molecule has 2 aromatic rings. The largest absolute Gasteiger partial charge is 0.308 e. The van der Waals surface area contributed by atoms with Crippen molar-refractivity contribution in [2.45, 2.75) is 24.3 Å². The van der Waals surface area contributed by atoms with Crippen LogP contribution < -0.4 is 10.0 Å². The lowest BCUT2D eigenvalue weighted by Crippen LogP contribution is -2.39. The van der Waals surface area contributed by atoms with Crippen molar-refractivity contribution in [2.24, 2.45) is 0 Å². The Morgan fingerprint density at radius 3 is 2.83 bits per heavy atom. The molecule has 0 radical (unpaired) electrons. The molecule has 23 heavy (non-hydrogen) atoms. The number of hydrogen-bond acceptors (Lipinski definition) is 3. The molecule has 122 valence electrons. The Labute approximate surface area is 135 Å². The summed E-state index contributed by atoms with van der Waals surface area (Å²) in [6.45, 7) is 2.70. The van der Waals surface area contributed by atoms with Gasteiger partial charge in [-0.1, -0.05) is 30.3 Å². The lowest BCUT2D eigenvalue weighted by atomic mass is 9.95. The van der Waals surface area contributed by atoms with Gasteiger partial charge in [-0.3, -0.25) is 0 Å². The van der Waals surface area contributed by atoms with E-state index in [1.807, 2.05) is 18.2 Å². The number of sulfonamides is 1. The first-order valence-corrected chi connectivity index (χ1v) is 9.03. The smallest absolute Gasteiger partial charge is 0.243 e. The first-order chi connectivity index (χ1) is 11.0. The summed E-state index contributed by atoms with van der Waals surface area (Å²) in [5, 5.41) is 3.30. The second-order valence-electron chi connectivity index (χ2n) is 5.74. The molecule has 0 saturated heterocycles. The van der Waals surface area contributed by atoms with Gasteiger partial charge in [0, 0.05) is 12.6 Å². The number of fused-ring (bicyclic) bond motifs is 1. The van der Waals surface area contributed by atoms with Gasteiger partial charge in [-0.15, -0.1) is 0 Å². The molecule has 4 nitrogen and oxygen atoms in total. The van der Waals surface area contributed by atoms with Gasteiger partial charge in [-0.2, -0.15) is 0 Å². The summed E-state index contributed by atoms with van der Waals surface area (Å²) in [5.74, 6) is -0.727. The third-order valence-electron chi connectivity index (χ3n) is 4.07. The minimum Gasteiger partial charge on any atom is -0.308 e. The highest BCUT2D eigenvalue weighted by molar-refractivity contribution is 7.89. The standard InChI is InChI=1S/C17H19FN2O2S/c1-12-6-7-17(15(18)10-12)23(21,22)20-11-16-14-5-3-2-4-13(14)8-9-19-16/h2-7,10,16,19-20H,8-9,11H2,1H3. The summed E-state index contributed by atoms with van der Waals surface area (Å²) >= 11 is 0. The van der Waals surface area contributed by atoms with Gasteiger partial charge in [-0.25, -0.2) is 17.5 Å². The molecular formula is C17H19FN2O2S. The zero-order valence-corrected chi connectivity index (χ0v) is 13.7. The Balaban J connectivity index is 1.78. The van der Waals surface area contributed by atoms with E-state index in [0.29, 0.717) is 5.56 Å². The van der Waals surface area contributed by atoms with E-state index < -0.39 is 15.8 Å². The molecule has 1 atom stereocenters. The molecule has 3 rings (SSSR count). The van der Waals surface area contributed by atoms with Crippen molar-refractivity contribution in [1.82, 2.24) is 10.0 Å². The Bertz CT molecular complexity index is 821. The van der Waals surface area contributed by atoms with Crippen LogP contribution in [-0.2, 0) is 16.4 Å². The Kier molecular flexibility index (Phi) is 4.48. The molecule has 0 aliphatic carbocycles. The highest BCUT2D eigenvalue weighted by Crippen LogP contribution is 2.23. The van der Waals surface area contributed by atoms with Crippen LogP contribution in [0.15, 0.2) is 47.4 Å². The number of halogens is 1. The third-order valence-corrected chi connectivity index (χ3v) is 5.53. The van der Waals surface area contributed by atoms with Crippen LogP contribution in [0.2, 0.25) is 0 Å². The monoisotopic (exact) mass is 334 g/mol. The lowest BCUT2D eigenvalue weighted by Gasteiger charge is -2.27. The van der Waals surface area contributed by atoms with Crippen molar-refractivity contribution in [2.75, 3.05) is 13.1 Å². The van der Waals surface area contributed by atoms with Crippen molar-refractivity contribution in [3.05, 3.63) is 65.0 Å². The highest BCUT2D eigenvalue weighted by atomic mass is 32.2. The van der Waals surface area contributed by atoms with Gasteiger partial charge in [0.25, 0.3) is 0 Å². The van der Waals surface area contributed by atoms with Crippen LogP contribution in [0.25, 0.3) is 0 Å². The Morgan fingerprint density at radius 2 is 2.04 bits per heavy atom. The average Bonchev–Trinajstić information content (AvgIpc) is 2.52. The van der Waals surface area contributed by atoms with Crippen molar-refractivity contribution in [3.63, 3.8) is 0 Å². The predicted octanol–water partition coefficient (Wildman–Crippen LogP) is 2.30. The SMILES string of the molecule is Cc1ccc(S(=O)(=O)NCC2NCCc3ccccc32)c(F)c1. The fourth-order valence-electron chi connectivity index (χ4n) is 2.87. The van der Waals surface area contributed by atoms with E-state index >= 15 is 0 Å². The molecule has 0 bridgehead atoms. The Morgan fingerprint density at radius 1 is 1.26 bits per heavy atom. The number of nitrogens with one attached hydrogen (secondary N) is 2. The maximum atomic E-state index is 13.9. The molecule has 6 heteroatoms. The topological polar surface area (TPSA) is 58.2 Å². The molecule has 0 amide bonds. The third kappa shape index (κ3) is 3.44. The summed E-state index contributed by atoms with van der Waals surface area (Å²) in [6, 6.07) is 12.0. The molecular weight excluding hydrogens is 315 g/mol. The molecule has 1 aliphatic heterocycles. The molecule has 1 aliphatic rings. The molecule has 2 aromatic carbocycles. The second-order valence-corrected chi connectivity index (χ2v) is 7.48. The van der Waals surface area contributed by atoms with E-state index in [0.717, 1.165) is 18.5 Å². The van der Waals surface area contributed by atoms with Gasteiger partial charge < -0.3 is 5.32 Å². The van der Waals surface area contributed by atoms with Crippen LogP contribution in [0.4, 0.5) is 4.39 Å². The van der Waals surface area contributed by atoms with Gasteiger partial charge >= 0.3 is 0 Å². The fraction of sp³-hybridized carbons (Fsp3) is 0.294. The molecule has 0 aromatic heterocycles. The van der Waals surface area contributed by atoms with E-state index in [1.54, 1.807) is 13.0 Å². The van der Waals surface area contributed by atoms with Crippen molar-refractivity contribution >= 4 is 10.0 Å². The Hall–Kier alpha value is -1.76. The van der Waals surface area contributed by atoms with E-state index in [9.17, 15) is 12.8 Å². The number of benzene rings is 2. The van der Waals surface area contributed by atoms with Crippen LogP contribution in [0, 0.1) is 12.7 Å². The molecule has 2 N–H and O–H groups in total. The van der Waals surface area contributed by atoms with Crippen molar-refractivity contribution in [1.29, 1.82) is 0 Å². The zero-order valence-electron chi connectivity index (χ0n) is 12.8. The van der Waals surface area contributed by atoms with Crippen LogP contribution in [0.3, 0.4) is 0 Å². The van der Waals surface area contributed by atoms with Gasteiger partial charge in [0.15, 0.2) is 0 Å². The first-order valence-electron chi connectivity index (χ1n) is 7.54. The maximum Gasteiger partial charge on any atom is 0.243 e. The predicted molar refractivity (Wildman–Crippen MR) is 87.2 cm³/mol. The number of rotatable bonds is 4. The first kappa shape index (κ1) is 16.1. The van der Waals surface area contributed by atoms with Crippen LogP contribution in [-0.4, -0.2) is 21.5 Å². The van der Waals surface area contributed by atoms with Crippen LogP contribution in [0.1, 0.15) is 22.7 Å². The van der Waals surface area contributed by atoms with Gasteiger partial charge in [0.1, 0.15) is 10.7 Å².